The lowest BCUT2D eigenvalue weighted by Crippen LogP contribution is -2.44. The summed E-state index contributed by atoms with van der Waals surface area (Å²) in [6.45, 7) is 3.95. The average molecular weight is 639 g/mol. The molecule has 0 amide bonds. The Morgan fingerprint density at radius 3 is 2.65 bits per heavy atom. The summed E-state index contributed by atoms with van der Waals surface area (Å²) in [7, 11) is 0. The van der Waals surface area contributed by atoms with E-state index in [2.05, 4.69) is 6.07 Å². The minimum Gasteiger partial charge on any atom is -0.487 e. The van der Waals surface area contributed by atoms with Gasteiger partial charge in [0.25, 0.3) is 0 Å². The summed E-state index contributed by atoms with van der Waals surface area (Å²) < 4.78 is 24.8. The predicted octanol–water partition coefficient (Wildman–Crippen LogP) is 7.63. The van der Waals surface area contributed by atoms with Gasteiger partial charge in [-0.05, 0) is 78.9 Å². The van der Waals surface area contributed by atoms with Gasteiger partial charge < -0.3 is 24.1 Å². The van der Waals surface area contributed by atoms with Crippen molar-refractivity contribution in [1.29, 1.82) is 5.26 Å². The van der Waals surface area contributed by atoms with Gasteiger partial charge in [0.05, 0.1) is 11.6 Å². The van der Waals surface area contributed by atoms with Crippen LogP contribution in [0.1, 0.15) is 58.7 Å². The molecule has 0 aromatic heterocycles. The van der Waals surface area contributed by atoms with Crippen LogP contribution in [0.3, 0.4) is 0 Å². The summed E-state index contributed by atoms with van der Waals surface area (Å²) in [4.78, 5) is 14.0. The number of benzene rings is 4. The molecule has 2 aliphatic rings. The van der Waals surface area contributed by atoms with E-state index in [0.29, 0.717) is 48.2 Å². The molecule has 46 heavy (non-hydrogen) atoms. The molecule has 0 bridgehead atoms. The average Bonchev–Trinajstić information content (AvgIpc) is 3.08. The van der Waals surface area contributed by atoms with Crippen LogP contribution in [0, 0.1) is 18.3 Å². The maximum atomic E-state index is 12.0. The first-order valence-corrected chi connectivity index (χ1v) is 15.8. The number of para-hydroxylation sites is 2. The van der Waals surface area contributed by atoms with E-state index in [1.54, 1.807) is 12.1 Å². The maximum Gasteiger partial charge on any atom is 0.320 e. The molecular weight excluding hydrogens is 604 g/mol. The molecule has 1 saturated heterocycles. The number of nitriles is 1. The van der Waals surface area contributed by atoms with Crippen LogP contribution in [0.2, 0.25) is 5.02 Å². The van der Waals surface area contributed by atoms with Gasteiger partial charge in [-0.2, -0.15) is 5.26 Å². The number of likely N-dealkylation sites (tertiary alicyclic amines) is 1. The lowest BCUT2D eigenvalue weighted by Gasteiger charge is -2.33. The molecule has 8 nitrogen and oxygen atoms in total. The molecule has 4 aromatic rings. The third kappa shape index (κ3) is 6.91. The number of nitrogens with zero attached hydrogens (tertiary/aromatic N) is 2. The van der Waals surface area contributed by atoms with E-state index < -0.39 is 12.0 Å². The number of rotatable bonds is 10. The Morgan fingerprint density at radius 2 is 1.83 bits per heavy atom. The van der Waals surface area contributed by atoms with Crippen LogP contribution in [0.15, 0.2) is 78.9 Å². The highest BCUT2D eigenvalue weighted by Crippen LogP contribution is 2.40. The predicted molar refractivity (Wildman–Crippen MR) is 173 cm³/mol. The number of fused-ring (bicyclic) bond motifs is 1. The quantitative estimate of drug-likeness (QED) is 0.189. The zero-order valence-electron chi connectivity index (χ0n) is 25.6. The molecule has 2 heterocycles. The lowest BCUT2D eigenvalue weighted by atomic mass is 9.98. The van der Waals surface area contributed by atoms with Crippen LogP contribution in [-0.2, 0) is 24.6 Å². The van der Waals surface area contributed by atoms with E-state index in [9.17, 15) is 15.2 Å². The fourth-order valence-corrected chi connectivity index (χ4v) is 6.37. The number of hydrogen-bond donors (Lipinski definition) is 1. The summed E-state index contributed by atoms with van der Waals surface area (Å²) in [6.07, 6.45) is 2.16. The first-order chi connectivity index (χ1) is 22.4. The van der Waals surface area contributed by atoms with E-state index in [-0.39, 0.29) is 19.3 Å². The number of piperidine rings is 1. The van der Waals surface area contributed by atoms with E-state index in [1.165, 1.54) is 0 Å². The number of carboxylic acid groups (broad SMARTS) is 1. The Morgan fingerprint density at radius 1 is 1.00 bits per heavy atom. The fraction of sp³-hybridized carbons (Fsp3) is 0.297. The minimum absolute atomic E-state index is 0.182. The van der Waals surface area contributed by atoms with Gasteiger partial charge in [-0.1, -0.05) is 66.6 Å². The van der Waals surface area contributed by atoms with Crippen LogP contribution < -0.4 is 18.9 Å². The second-order valence-corrected chi connectivity index (χ2v) is 11.9. The van der Waals surface area contributed by atoms with Crippen LogP contribution in [0.5, 0.6) is 23.0 Å². The molecule has 1 N–H and O–H groups in total. The highest BCUT2D eigenvalue weighted by atomic mass is 35.5. The SMILES string of the molecule is Cc1c(COc2ccc(CN3CCCCC3C(=O)O)c(OCc3cccc(C#N)c3)c2Cl)cccc1C1COc2ccccc2O1. The topological polar surface area (TPSA) is 101 Å². The van der Waals surface area contributed by atoms with Gasteiger partial charge in [-0.25, -0.2) is 0 Å². The van der Waals surface area contributed by atoms with Crippen molar-refractivity contribution in [2.45, 2.75) is 58.1 Å². The Bertz CT molecular complexity index is 1770. The van der Waals surface area contributed by atoms with Crippen molar-refractivity contribution in [3.05, 3.63) is 117 Å². The molecule has 2 aliphatic heterocycles. The van der Waals surface area contributed by atoms with Crippen molar-refractivity contribution in [3.8, 4) is 29.1 Å². The summed E-state index contributed by atoms with van der Waals surface area (Å²) in [6, 6.07) is 26.2. The Balaban J connectivity index is 1.23. The third-order valence-electron chi connectivity index (χ3n) is 8.58. The summed E-state index contributed by atoms with van der Waals surface area (Å²) >= 11 is 6.99. The monoisotopic (exact) mass is 638 g/mol. The van der Waals surface area contributed by atoms with Crippen molar-refractivity contribution in [2.75, 3.05) is 13.2 Å². The van der Waals surface area contributed by atoms with E-state index in [0.717, 1.165) is 52.2 Å². The minimum atomic E-state index is -0.825. The molecule has 1 fully saturated rings. The Kier molecular flexibility index (Phi) is 9.62. The number of carboxylic acids is 1. The zero-order valence-corrected chi connectivity index (χ0v) is 26.3. The van der Waals surface area contributed by atoms with Gasteiger partial charge in [-0.3, -0.25) is 9.69 Å². The normalized spacial score (nSPS) is 17.6. The van der Waals surface area contributed by atoms with Gasteiger partial charge in [-0.15, -0.1) is 0 Å². The first-order valence-electron chi connectivity index (χ1n) is 15.4. The molecule has 0 saturated carbocycles. The summed E-state index contributed by atoms with van der Waals surface area (Å²) in [5.74, 6) is 1.53. The highest BCUT2D eigenvalue weighted by molar-refractivity contribution is 6.33. The zero-order chi connectivity index (χ0) is 32.0. The Hall–Kier alpha value is -4.71. The second-order valence-electron chi connectivity index (χ2n) is 11.6. The number of ether oxygens (including phenoxy) is 4. The first kappa shape index (κ1) is 31.3. The van der Waals surface area contributed by atoms with Gasteiger partial charge in [0, 0.05) is 12.1 Å². The van der Waals surface area contributed by atoms with E-state index >= 15 is 0 Å². The smallest absolute Gasteiger partial charge is 0.320 e. The highest BCUT2D eigenvalue weighted by Gasteiger charge is 2.30. The molecule has 4 aromatic carbocycles. The fourth-order valence-electron chi connectivity index (χ4n) is 6.07. The van der Waals surface area contributed by atoms with Crippen molar-refractivity contribution in [1.82, 2.24) is 4.90 Å². The lowest BCUT2D eigenvalue weighted by molar-refractivity contribution is -0.144. The third-order valence-corrected chi connectivity index (χ3v) is 8.94. The summed E-state index contributed by atoms with van der Waals surface area (Å²) in [5.41, 5.74) is 5.17. The molecule has 6 rings (SSSR count). The van der Waals surface area contributed by atoms with E-state index in [4.69, 9.17) is 30.5 Å². The molecule has 0 spiro atoms. The van der Waals surface area contributed by atoms with Crippen molar-refractivity contribution < 1.29 is 28.8 Å². The number of aliphatic carboxylic acids is 1. The van der Waals surface area contributed by atoms with Crippen LogP contribution in [0.4, 0.5) is 0 Å². The number of hydrogen-bond acceptors (Lipinski definition) is 7. The van der Waals surface area contributed by atoms with Crippen molar-refractivity contribution in [2.24, 2.45) is 0 Å². The molecular formula is C37H35ClN2O6. The van der Waals surface area contributed by atoms with Crippen molar-refractivity contribution in [3.63, 3.8) is 0 Å². The van der Waals surface area contributed by atoms with Gasteiger partial charge in [0.15, 0.2) is 17.6 Å². The van der Waals surface area contributed by atoms with Gasteiger partial charge >= 0.3 is 5.97 Å². The second kappa shape index (κ2) is 14.2. The maximum absolute atomic E-state index is 12.0. The van der Waals surface area contributed by atoms with E-state index in [1.807, 2.05) is 78.6 Å². The van der Waals surface area contributed by atoms with Crippen LogP contribution in [0.25, 0.3) is 0 Å². The molecule has 236 valence electrons. The Labute approximate surface area is 273 Å². The molecule has 0 radical (unpaired) electrons. The molecule has 2 unspecified atom stereocenters. The number of carbonyl (C=O) groups is 1. The van der Waals surface area contributed by atoms with Crippen molar-refractivity contribution >= 4 is 17.6 Å². The molecule has 2 atom stereocenters. The summed E-state index contributed by atoms with van der Waals surface area (Å²) in [5, 5.41) is 19.5. The van der Waals surface area contributed by atoms with Crippen LogP contribution >= 0.6 is 11.6 Å². The molecule has 9 heteroatoms. The largest absolute Gasteiger partial charge is 0.487 e. The molecule has 0 aliphatic carbocycles. The van der Waals surface area contributed by atoms with Gasteiger partial charge in [0.1, 0.15) is 42.4 Å². The standard InChI is InChI=1S/C37H35ClN2O6/c1-24-28(10-7-11-29(24)34-23-44-31-13-2-3-14-32(31)46-34)22-43-33-16-15-27(20-40-17-5-4-12-30(40)37(41)42)36(35(33)38)45-21-26-9-6-8-25(18-26)19-39/h2-3,6-11,13-16,18,30,34H,4-5,12,17,20-23H2,1H3,(H,41,42). The van der Waals surface area contributed by atoms with Crippen LogP contribution in [-0.4, -0.2) is 35.2 Å². The number of halogens is 1. The van der Waals surface area contributed by atoms with Gasteiger partial charge in [0.2, 0.25) is 0 Å².